The maximum absolute atomic E-state index is 12.7. The second-order valence-electron chi connectivity index (χ2n) is 12.8. The molecular formula is C34H38N6O5. The van der Waals surface area contributed by atoms with E-state index in [1.807, 2.05) is 34.1 Å². The number of rotatable bonds is 10. The average molecular weight is 611 g/mol. The predicted molar refractivity (Wildman–Crippen MR) is 167 cm³/mol. The first kappa shape index (κ1) is 29.2. The van der Waals surface area contributed by atoms with Crippen molar-refractivity contribution in [2.24, 2.45) is 11.8 Å². The van der Waals surface area contributed by atoms with Crippen molar-refractivity contribution in [3.8, 4) is 22.9 Å². The third kappa shape index (κ3) is 6.77. The molecule has 2 N–H and O–H groups in total. The Morgan fingerprint density at radius 1 is 0.622 bits per heavy atom. The number of hydrogen-bond donors (Lipinski definition) is 2. The van der Waals surface area contributed by atoms with Crippen LogP contribution < -0.4 is 10.6 Å². The number of anilines is 2. The van der Waals surface area contributed by atoms with E-state index in [1.165, 1.54) is 0 Å². The molecule has 1 aromatic heterocycles. The molecular weight excluding hydrogens is 572 g/mol. The van der Waals surface area contributed by atoms with Crippen LogP contribution in [0.25, 0.3) is 22.9 Å². The van der Waals surface area contributed by atoms with Gasteiger partial charge in [0.25, 0.3) is 0 Å². The molecule has 0 radical (unpaired) electrons. The van der Waals surface area contributed by atoms with Gasteiger partial charge < -0.3 is 24.9 Å². The minimum Gasteiger partial charge on any atom is -0.416 e. The van der Waals surface area contributed by atoms with E-state index >= 15 is 0 Å². The number of carbonyl (C=O) groups excluding carboxylic acids is 4. The molecule has 11 heteroatoms. The largest absolute Gasteiger partial charge is 0.416 e. The summed E-state index contributed by atoms with van der Waals surface area (Å²) >= 11 is 0. The van der Waals surface area contributed by atoms with Crippen molar-refractivity contribution in [1.29, 1.82) is 0 Å². The summed E-state index contributed by atoms with van der Waals surface area (Å²) in [6.07, 6.45) is 8.11. The Morgan fingerprint density at radius 2 is 1.02 bits per heavy atom. The molecule has 0 bridgehead atoms. The number of hydrogen-bond acceptors (Lipinski definition) is 7. The highest BCUT2D eigenvalue weighted by molar-refractivity contribution is 5.93. The minimum absolute atomic E-state index is 0.0223. The number of aromatic nitrogens is 2. The summed E-state index contributed by atoms with van der Waals surface area (Å²) in [5.41, 5.74) is 2.76. The smallest absolute Gasteiger partial charge is 0.248 e. The summed E-state index contributed by atoms with van der Waals surface area (Å²) < 4.78 is 5.92. The summed E-state index contributed by atoms with van der Waals surface area (Å²) in [7, 11) is 0. The van der Waals surface area contributed by atoms with Crippen LogP contribution in [0.2, 0.25) is 0 Å². The summed E-state index contributed by atoms with van der Waals surface area (Å²) in [4.78, 5) is 54.3. The number of nitrogens with one attached hydrogen (secondary N) is 2. The molecule has 4 aliphatic rings. The zero-order valence-electron chi connectivity index (χ0n) is 25.2. The number of nitrogens with zero attached hydrogens (tertiary/aromatic N) is 4. The first-order chi connectivity index (χ1) is 21.9. The van der Waals surface area contributed by atoms with Crippen LogP contribution in [0, 0.1) is 11.8 Å². The van der Waals surface area contributed by atoms with Gasteiger partial charge in [0.1, 0.15) is 0 Å². The van der Waals surface area contributed by atoms with Crippen LogP contribution >= 0.6 is 0 Å². The van der Waals surface area contributed by atoms with Gasteiger partial charge in [-0.2, -0.15) is 0 Å². The lowest BCUT2D eigenvalue weighted by Gasteiger charge is -2.24. The van der Waals surface area contributed by atoms with E-state index in [9.17, 15) is 19.2 Å². The first-order valence-electron chi connectivity index (χ1n) is 16.2. The van der Waals surface area contributed by atoms with Crippen LogP contribution in [0.1, 0.15) is 64.2 Å². The summed E-state index contributed by atoms with van der Waals surface area (Å²) in [5.74, 6) is 1.25. The Morgan fingerprint density at radius 3 is 1.40 bits per heavy atom. The topological polar surface area (TPSA) is 138 Å². The van der Waals surface area contributed by atoms with Gasteiger partial charge >= 0.3 is 0 Å². The van der Waals surface area contributed by atoms with Crippen molar-refractivity contribution in [1.82, 2.24) is 20.0 Å². The SMILES string of the molecule is O=C(CC1CCCN1C(=O)C1CC1)Nc1ccc(-c2nnc(-c3ccc(NC(=O)CC4CCCN4C(=O)C4CC4)cc3)o2)cc1. The standard InChI is InChI=1S/C34H38N6O5/c41-29(19-27-3-1-17-39(27)33(43)23-5-6-23)35-25-13-9-21(10-14-25)31-37-38-32(45-31)22-11-15-26(16-12-22)36-30(42)20-28-4-2-18-40(28)34(44)24-7-8-24/h9-16,23-24,27-28H,1-8,17-20H2,(H,35,41)(H,36,42). The Hall–Kier alpha value is -4.54. The summed E-state index contributed by atoms with van der Waals surface area (Å²) in [5, 5.41) is 14.3. The number of likely N-dealkylation sites (tertiary alicyclic amines) is 2. The molecule has 3 heterocycles. The first-order valence-corrected chi connectivity index (χ1v) is 16.2. The van der Waals surface area contributed by atoms with Gasteiger partial charge in [0, 0.05) is 72.4 Å². The molecule has 3 aromatic rings. The highest BCUT2D eigenvalue weighted by Crippen LogP contribution is 2.35. The summed E-state index contributed by atoms with van der Waals surface area (Å²) in [6.45, 7) is 1.50. The van der Waals surface area contributed by atoms with Crippen molar-refractivity contribution >= 4 is 35.0 Å². The van der Waals surface area contributed by atoms with E-state index in [4.69, 9.17) is 4.42 Å². The molecule has 11 nitrogen and oxygen atoms in total. The zero-order valence-corrected chi connectivity index (χ0v) is 25.2. The van der Waals surface area contributed by atoms with Gasteiger partial charge in [0.05, 0.1) is 0 Å². The fourth-order valence-electron chi connectivity index (χ4n) is 6.51. The van der Waals surface area contributed by atoms with E-state index < -0.39 is 0 Å². The normalized spacial score (nSPS) is 21.2. The van der Waals surface area contributed by atoms with E-state index in [-0.39, 0.29) is 47.5 Å². The molecule has 0 spiro atoms. The lowest BCUT2D eigenvalue weighted by Crippen LogP contribution is -2.38. The van der Waals surface area contributed by atoms with Crippen molar-refractivity contribution in [2.45, 2.75) is 76.3 Å². The molecule has 2 saturated heterocycles. The van der Waals surface area contributed by atoms with Gasteiger partial charge in [-0.1, -0.05) is 0 Å². The Balaban J connectivity index is 0.907. The van der Waals surface area contributed by atoms with E-state index in [2.05, 4.69) is 20.8 Å². The highest BCUT2D eigenvalue weighted by atomic mass is 16.4. The lowest BCUT2D eigenvalue weighted by molar-refractivity contribution is -0.135. The van der Waals surface area contributed by atoms with Gasteiger partial charge in [-0.3, -0.25) is 19.2 Å². The van der Waals surface area contributed by atoms with Gasteiger partial charge in [0.2, 0.25) is 35.4 Å². The molecule has 2 aromatic carbocycles. The van der Waals surface area contributed by atoms with Crippen molar-refractivity contribution in [2.75, 3.05) is 23.7 Å². The lowest BCUT2D eigenvalue weighted by atomic mass is 10.1. The molecule has 2 unspecified atom stereocenters. The second-order valence-corrected chi connectivity index (χ2v) is 12.8. The maximum atomic E-state index is 12.7. The predicted octanol–water partition coefficient (Wildman–Crippen LogP) is 4.86. The van der Waals surface area contributed by atoms with Crippen molar-refractivity contribution < 1.29 is 23.6 Å². The fourth-order valence-corrected chi connectivity index (χ4v) is 6.51. The summed E-state index contributed by atoms with van der Waals surface area (Å²) in [6, 6.07) is 14.4. The average Bonchev–Trinajstić information content (AvgIpc) is 3.93. The molecule has 2 atom stereocenters. The second kappa shape index (κ2) is 12.5. The monoisotopic (exact) mass is 610 g/mol. The van der Waals surface area contributed by atoms with Crippen LogP contribution in [0.3, 0.4) is 0 Å². The minimum atomic E-state index is -0.104. The number of carbonyl (C=O) groups is 4. The van der Waals surface area contributed by atoms with Crippen LogP contribution in [-0.4, -0.2) is 68.8 Å². The van der Waals surface area contributed by atoms with Crippen LogP contribution in [0.5, 0.6) is 0 Å². The molecule has 2 saturated carbocycles. The van der Waals surface area contributed by atoms with Crippen LogP contribution in [0.4, 0.5) is 11.4 Å². The molecule has 4 fully saturated rings. The third-order valence-electron chi connectivity index (χ3n) is 9.27. The molecule has 7 rings (SSSR count). The number of benzene rings is 2. The van der Waals surface area contributed by atoms with Gasteiger partial charge in [-0.05, 0) is 99.9 Å². The van der Waals surface area contributed by atoms with Gasteiger partial charge in [-0.25, -0.2) is 0 Å². The van der Waals surface area contributed by atoms with Crippen LogP contribution in [-0.2, 0) is 19.2 Å². The third-order valence-corrected chi connectivity index (χ3v) is 9.27. The van der Waals surface area contributed by atoms with Gasteiger partial charge in [-0.15, -0.1) is 10.2 Å². The fraction of sp³-hybridized carbons (Fsp3) is 0.471. The van der Waals surface area contributed by atoms with Crippen molar-refractivity contribution in [3.63, 3.8) is 0 Å². The van der Waals surface area contributed by atoms with Crippen molar-refractivity contribution in [3.05, 3.63) is 48.5 Å². The maximum Gasteiger partial charge on any atom is 0.248 e. The highest BCUT2D eigenvalue weighted by Gasteiger charge is 2.40. The van der Waals surface area contributed by atoms with E-state index in [1.54, 1.807) is 24.3 Å². The van der Waals surface area contributed by atoms with E-state index in [0.717, 1.165) is 64.5 Å². The molecule has 45 heavy (non-hydrogen) atoms. The molecule has 234 valence electrons. The Bertz CT molecular complexity index is 1460. The quantitative estimate of drug-likeness (QED) is 0.334. The Labute approximate surface area is 261 Å². The molecule has 2 aliphatic heterocycles. The molecule has 4 amide bonds. The van der Waals surface area contributed by atoms with E-state index in [0.29, 0.717) is 47.1 Å². The zero-order chi connectivity index (χ0) is 30.9. The van der Waals surface area contributed by atoms with Gasteiger partial charge in [0.15, 0.2) is 0 Å². The Kier molecular flexibility index (Phi) is 8.08. The van der Waals surface area contributed by atoms with Crippen LogP contribution in [0.15, 0.2) is 52.9 Å². The molecule has 2 aliphatic carbocycles. The number of amides is 4.